The zero-order chi connectivity index (χ0) is 24.7. The van der Waals surface area contributed by atoms with E-state index in [-0.39, 0.29) is 22.3 Å². The number of carbonyl (C=O) groups is 4. The Bertz CT molecular complexity index is 905. The highest BCUT2D eigenvalue weighted by Crippen LogP contribution is 2.21. The van der Waals surface area contributed by atoms with Crippen LogP contribution in [0.4, 0.5) is 0 Å². The first-order chi connectivity index (χ1) is 15.5. The third-order valence-corrected chi connectivity index (χ3v) is 5.91. The number of thioether (sulfide) groups is 1. The Balaban J connectivity index is 2.18. The minimum Gasteiger partial charge on any atom is -0.508 e. The van der Waals surface area contributed by atoms with Gasteiger partial charge in [0.25, 0.3) is 11.9 Å². The van der Waals surface area contributed by atoms with Gasteiger partial charge in [0.1, 0.15) is 6.04 Å². The molecule has 9 nitrogen and oxygen atoms in total. The summed E-state index contributed by atoms with van der Waals surface area (Å²) >= 11 is 13.4. The van der Waals surface area contributed by atoms with Crippen molar-refractivity contribution in [3.63, 3.8) is 0 Å². The molecule has 0 bridgehead atoms. The monoisotopic (exact) mass is 518 g/mol. The number of halogens is 2. The van der Waals surface area contributed by atoms with Crippen molar-refractivity contribution in [1.82, 2.24) is 10.6 Å². The van der Waals surface area contributed by atoms with Crippen molar-refractivity contribution < 1.29 is 33.6 Å². The van der Waals surface area contributed by atoms with Crippen molar-refractivity contribution in [3.05, 3.63) is 33.8 Å². The van der Waals surface area contributed by atoms with E-state index in [0.29, 0.717) is 11.4 Å². The predicted octanol–water partition coefficient (Wildman–Crippen LogP) is 2.43. The van der Waals surface area contributed by atoms with E-state index < -0.39 is 55.4 Å². The lowest BCUT2D eigenvalue weighted by Gasteiger charge is -2.31. The predicted molar refractivity (Wildman–Crippen MR) is 126 cm³/mol. The average molecular weight is 519 g/mol. The van der Waals surface area contributed by atoms with Gasteiger partial charge in [0.05, 0.1) is 22.9 Å². The van der Waals surface area contributed by atoms with Crippen LogP contribution < -0.4 is 10.6 Å². The van der Waals surface area contributed by atoms with E-state index in [9.17, 15) is 24.3 Å². The standard InChI is InChI=1S/C20H25BCl2N2O7S/c1-10(2)6-16(21-31-15(20(29)30)8-17(26)32-21)25-19(28)14(9-33-3)24-18(27)12-7-11(22)4-5-13(12)23/h4-5,7,10,14-16H,6,8-9H2,1-3H3,(H,24,27)(H,25,28)(H,29,30)/t14-,15?,16-/m0/s1. The molecule has 33 heavy (non-hydrogen) atoms. The summed E-state index contributed by atoms with van der Waals surface area (Å²) in [6.45, 7) is 3.78. The highest BCUT2D eigenvalue weighted by molar-refractivity contribution is 7.98. The number of carboxylic acids is 1. The molecule has 0 saturated carbocycles. The molecule has 3 N–H and O–H groups in total. The summed E-state index contributed by atoms with van der Waals surface area (Å²) in [6, 6.07) is 3.47. The summed E-state index contributed by atoms with van der Waals surface area (Å²) in [5.41, 5.74) is 0.121. The molecule has 180 valence electrons. The fourth-order valence-electron chi connectivity index (χ4n) is 3.18. The Morgan fingerprint density at radius 1 is 1.27 bits per heavy atom. The number of benzene rings is 1. The molecule has 1 aliphatic heterocycles. The van der Waals surface area contributed by atoms with Crippen molar-refractivity contribution in [1.29, 1.82) is 0 Å². The molecule has 13 heteroatoms. The largest absolute Gasteiger partial charge is 0.551 e. The van der Waals surface area contributed by atoms with E-state index in [1.807, 2.05) is 13.8 Å². The number of hydrogen-bond donors (Lipinski definition) is 3. The maximum Gasteiger partial charge on any atom is 0.551 e. The van der Waals surface area contributed by atoms with Crippen LogP contribution in [0.1, 0.15) is 37.0 Å². The van der Waals surface area contributed by atoms with Crippen molar-refractivity contribution in [2.75, 3.05) is 12.0 Å². The summed E-state index contributed by atoms with van der Waals surface area (Å²) in [5, 5.41) is 15.1. The van der Waals surface area contributed by atoms with Gasteiger partial charge in [-0.05, 0) is 36.8 Å². The number of rotatable bonds is 10. The van der Waals surface area contributed by atoms with Gasteiger partial charge in [-0.15, -0.1) is 0 Å². The van der Waals surface area contributed by atoms with Crippen molar-refractivity contribution in [3.8, 4) is 0 Å². The van der Waals surface area contributed by atoms with Gasteiger partial charge in [0.15, 0.2) is 6.10 Å². The zero-order valence-corrected chi connectivity index (χ0v) is 20.6. The van der Waals surface area contributed by atoms with E-state index in [1.165, 1.54) is 23.9 Å². The molecule has 1 fully saturated rings. The van der Waals surface area contributed by atoms with Crippen molar-refractivity contribution >= 4 is 65.8 Å². The SMILES string of the molecule is CSC[C@H](NC(=O)c1cc(Cl)ccc1Cl)C(=O)N[C@@H](CC(C)C)B1OC(=O)CC(C(=O)O)O1. The van der Waals surface area contributed by atoms with Crippen LogP contribution >= 0.6 is 35.0 Å². The molecule has 0 aromatic heterocycles. The van der Waals surface area contributed by atoms with Crippen LogP contribution in [0.15, 0.2) is 18.2 Å². The molecule has 2 rings (SSSR count). The summed E-state index contributed by atoms with van der Waals surface area (Å²) in [7, 11) is -1.27. The van der Waals surface area contributed by atoms with Crippen LogP contribution in [0.25, 0.3) is 0 Å². The molecular formula is C20H25BCl2N2O7S. The minimum absolute atomic E-state index is 0.0571. The van der Waals surface area contributed by atoms with Crippen LogP contribution in [-0.2, 0) is 23.7 Å². The number of nitrogens with one attached hydrogen (secondary N) is 2. The molecule has 1 aromatic carbocycles. The van der Waals surface area contributed by atoms with Gasteiger partial charge >= 0.3 is 13.1 Å². The Morgan fingerprint density at radius 2 is 1.97 bits per heavy atom. The molecule has 0 radical (unpaired) electrons. The number of hydrogen-bond acceptors (Lipinski definition) is 7. The normalized spacial score (nSPS) is 17.8. The molecule has 0 spiro atoms. The van der Waals surface area contributed by atoms with E-state index in [0.717, 1.165) is 0 Å². The van der Waals surface area contributed by atoms with Crippen LogP contribution in [-0.4, -0.2) is 66.1 Å². The lowest BCUT2D eigenvalue weighted by atomic mass is 9.72. The average Bonchev–Trinajstić information content (AvgIpc) is 2.73. The maximum absolute atomic E-state index is 13.1. The Morgan fingerprint density at radius 3 is 2.58 bits per heavy atom. The van der Waals surface area contributed by atoms with E-state index >= 15 is 0 Å². The summed E-state index contributed by atoms with van der Waals surface area (Å²) in [5.74, 6) is -3.67. The second-order valence-electron chi connectivity index (χ2n) is 7.88. The van der Waals surface area contributed by atoms with Gasteiger partial charge in [0, 0.05) is 10.8 Å². The maximum atomic E-state index is 13.1. The molecule has 1 unspecified atom stereocenters. The molecule has 1 heterocycles. The number of amides is 2. The van der Waals surface area contributed by atoms with Gasteiger partial charge in [-0.3, -0.25) is 14.4 Å². The second kappa shape index (κ2) is 12.5. The third-order valence-electron chi connectivity index (χ3n) is 4.68. The van der Waals surface area contributed by atoms with Gasteiger partial charge in [-0.1, -0.05) is 37.0 Å². The lowest BCUT2D eigenvalue weighted by molar-refractivity contribution is -0.157. The topological polar surface area (TPSA) is 131 Å². The quantitative estimate of drug-likeness (QED) is 0.402. The number of carboxylic acid groups (broad SMARTS) is 1. The molecule has 1 aliphatic rings. The van der Waals surface area contributed by atoms with Gasteiger partial charge < -0.3 is 25.0 Å². The van der Waals surface area contributed by atoms with Crippen molar-refractivity contribution in [2.24, 2.45) is 5.92 Å². The Kier molecular flexibility index (Phi) is 10.3. The van der Waals surface area contributed by atoms with Gasteiger partial charge in [-0.25, -0.2) is 4.79 Å². The fourth-order valence-corrected chi connectivity index (χ4v) is 4.12. The Labute approximate surface area is 206 Å². The zero-order valence-electron chi connectivity index (χ0n) is 18.3. The van der Waals surface area contributed by atoms with E-state index in [1.54, 1.807) is 12.3 Å². The first-order valence-corrected chi connectivity index (χ1v) is 12.3. The summed E-state index contributed by atoms with van der Waals surface area (Å²) in [6.07, 6.45) is 0.332. The number of carbonyl (C=O) groups excluding carboxylic acids is 3. The highest BCUT2D eigenvalue weighted by Gasteiger charge is 2.44. The van der Waals surface area contributed by atoms with Gasteiger partial charge in [0.2, 0.25) is 5.91 Å². The summed E-state index contributed by atoms with van der Waals surface area (Å²) < 4.78 is 10.6. The third kappa shape index (κ3) is 8.10. The molecule has 2 amide bonds. The van der Waals surface area contributed by atoms with Crippen molar-refractivity contribution in [2.45, 2.75) is 44.8 Å². The lowest BCUT2D eigenvalue weighted by Crippen LogP contribution is -2.59. The fraction of sp³-hybridized carbons (Fsp3) is 0.500. The van der Waals surface area contributed by atoms with Crippen LogP contribution in [0.5, 0.6) is 0 Å². The van der Waals surface area contributed by atoms with Crippen LogP contribution in [0.3, 0.4) is 0 Å². The second-order valence-corrected chi connectivity index (χ2v) is 9.63. The molecule has 1 saturated heterocycles. The van der Waals surface area contributed by atoms with E-state index in [2.05, 4.69) is 10.6 Å². The minimum atomic E-state index is -1.37. The van der Waals surface area contributed by atoms with Gasteiger partial charge in [-0.2, -0.15) is 11.8 Å². The van der Waals surface area contributed by atoms with Crippen LogP contribution in [0.2, 0.25) is 10.0 Å². The first-order valence-electron chi connectivity index (χ1n) is 10.1. The Hall–Kier alpha value is -1.95. The molecular weight excluding hydrogens is 494 g/mol. The molecule has 0 aliphatic carbocycles. The first kappa shape index (κ1) is 27.3. The molecule has 1 aromatic rings. The summed E-state index contributed by atoms with van der Waals surface area (Å²) in [4.78, 5) is 49.0. The smallest absolute Gasteiger partial charge is 0.508 e. The molecule has 3 atom stereocenters. The number of aliphatic carboxylic acids is 1. The van der Waals surface area contributed by atoms with Crippen LogP contribution in [0, 0.1) is 5.92 Å². The highest BCUT2D eigenvalue weighted by atomic mass is 35.5. The van der Waals surface area contributed by atoms with E-state index in [4.69, 9.17) is 32.5 Å².